The van der Waals surface area contributed by atoms with Gasteiger partial charge >= 0.3 is 6.03 Å². The number of hydrogen-bond donors (Lipinski definition) is 1. The van der Waals surface area contributed by atoms with Gasteiger partial charge in [-0.3, -0.25) is 4.79 Å². The molecule has 0 unspecified atom stereocenters. The molecule has 0 saturated carbocycles. The minimum absolute atomic E-state index is 0.0478. The normalized spacial score (nSPS) is 28.3. The van der Waals surface area contributed by atoms with E-state index in [4.69, 9.17) is 5.73 Å². The van der Waals surface area contributed by atoms with Gasteiger partial charge in [-0.25, -0.2) is 4.79 Å². The van der Waals surface area contributed by atoms with E-state index in [-0.39, 0.29) is 11.8 Å². The second kappa shape index (κ2) is 6.26. The van der Waals surface area contributed by atoms with E-state index in [1.807, 2.05) is 0 Å². The van der Waals surface area contributed by atoms with Gasteiger partial charge in [-0.15, -0.1) is 0 Å². The van der Waals surface area contributed by atoms with Crippen LogP contribution in [-0.4, -0.2) is 47.4 Å². The molecule has 5 nitrogen and oxygen atoms in total. The first-order valence-corrected chi connectivity index (χ1v) is 7.48. The lowest BCUT2D eigenvalue weighted by Crippen LogP contribution is -2.51. The number of piperidine rings is 2. The highest BCUT2D eigenvalue weighted by atomic mass is 16.2. The number of amides is 3. The topological polar surface area (TPSA) is 66.6 Å². The smallest absolute Gasteiger partial charge is 0.314 e. The molecule has 19 heavy (non-hydrogen) atoms. The number of rotatable bonds is 2. The van der Waals surface area contributed by atoms with Crippen molar-refractivity contribution in [3.63, 3.8) is 0 Å². The zero-order chi connectivity index (χ0) is 13.8. The fourth-order valence-electron chi connectivity index (χ4n) is 3.33. The lowest BCUT2D eigenvalue weighted by atomic mass is 9.93. The number of likely N-dealkylation sites (tertiary alicyclic amines) is 2. The first kappa shape index (κ1) is 14.2. The van der Waals surface area contributed by atoms with Crippen LogP contribution >= 0.6 is 0 Å². The second-order valence-corrected chi connectivity index (χ2v) is 5.71. The van der Waals surface area contributed by atoms with Crippen LogP contribution in [0.2, 0.25) is 0 Å². The van der Waals surface area contributed by atoms with Crippen LogP contribution in [0.25, 0.3) is 0 Å². The average Bonchev–Trinajstić information content (AvgIpc) is 2.46. The molecule has 2 saturated heterocycles. The van der Waals surface area contributed by atoms with Gasteiger partial charge in [-0.05, 0) is 38.5 Å². The molecule has 0 aromatic rings. The Hall–Kier alpha value is -1.26. The van der Waals surface area contributed by atoms with Crippen LogP contribution in [0, 0.1) is 5.92 Å². The molecule has 5 heteroatoms. The maximum Gasteiger partial charge on any atom is 0.314 e. The summed E-state index contributed by atoms with van der Waals surface area (Å²) in [6, 6.07) is -0.00612. The fraction of sp³-hybridized carbons (Fsp3) is 0.857. The highest BCUT2D eigenvalue weighted by Gasteiger charge is 2.33. The summed E-state index contributed by atoms with van der Waals surface area (Å²) in [7, 11) is 0. The molecule has 2 N–H and O–H groups in total. The monoisotopic (exact) mass is 267 g/mol. The van der Waals surface area contributed by atoms with Gasteiger partial charge in [0.05, 0.1) is 5.92 Å². The molecular weight excluding hydrogens is 242 g/mol. The van der Waals surface area contributed by atoms with Gasteiger partial charge in [0.15, 0.2) is 0 Å². The Labute approximate surface area is 115 Å². The molecule has 0 bridgehead atoms. The van der Waals surface area contributed by atoms with Crippen LogP contribution in [0.1, 0.15) is 45.4 Å². The maximum atomic E-state index is 12.6. The summed E-state index contributed by atoms with van der Waals surface area (Å²) in [6.45, 7) is 4.22. The Morgan fingerprint density at radius 3 is 2.63 bits per heavy atom. The Balaban J connectivity index is 1.99. The summed E-state index contributed by atoms with van der Waals surface area (Å²) in [5.74, 6) is 0.186. The quantitative estimate of drug-likeness (QED) is 0.825. The van der Waals surface area contributed by atoms with Crippen molar-refractivity contribution in [1.29, 1.82) is 0 Å². The molecule has 2 atom stereocenters. The van der Waals surface area contributed by atoms with E-state index >= 15 is 0 Å². The van der Waals surface area contributed by atoms with Crippen molar-refractivity contribution in [1.82, 2.24) is 9.80 Å². The Morgan fingerprint density at radius 2 is 1.95 bits per heavy atom. The van der Waals surface area contributed by atoms with Gasteiger partial charge < -0.3 is 15.5 Å². The van der Waals surface area contributed by atoms with E-state index in [0.29, 0.717) is 19.1 Å². The predicted molar refractivity (Wildman–Crippen MR) is 73.5 cm³/mol. The van der Waals surface area contributed by atoms with Gasteiger partial charge in [-0.1, -0.05) is 6.92 Å². The zero-order valence-electron chi connectivity index (χ0n) is 11.8. The highest BCUT2D eigenvalue weighted by molar-refractivity contribution is 5.81. The SMILES string of the molecule is CC[C@@H]1CCCCN1C(=O)[C@@H]1CCCN(C(N)=O)C1. The lowest BCUT2D eigenvalue weighted by Gasteiger charge is -2.40. The van der Waals surface area contributed by atoms with Crippen LogP contribution in [0.3, 0.4) is 0 Å². The summed E-state index contributed by atoms with van der Waals surface area (Å²) in [5, 5.41) is 0. The van der Waals surface area contributed by atoms with Crippen molar-refractivity contribution >= 4 is 11.9 Å². The third kappa shape index (κ3) is 3.19. The van der Waals surface area contributed by atoms with Crippen molar-refractivity contribution in [3.05, 3.63) is 0 Å². The molecule has 2 fully saturated rings. The molecule has 2 heterocycles. The molecular formula is C14H25N3O2. The van der Waals surface area contributed by atoms with Crippen molar-refractivity contribution in [2.24, 2.45) is 11.7 Å². The molecule has 0 aliphatic carbocycles. The lowest BCUT2D eigenvalue weighted by molar-refractivity contribution is -0.140. The van der Waals surface area contributed by atoms with Crippen molar-refractivity contribution in [2.75, 3.05) is 19.6 Å². The number of urea groups is 1. The first-order chi connectivity index (χ1) is 9.13. The van der Waals surface area contributed by atoms with E-state index in [2.05, 4.69) is 11.8 Å². The third-order valence-corrected chi connectivity index (χ3v) is 4.46. The van der Waals surface area contributed by atoms with Gasteiger partial charge in [0.2, 0.25) is 5.91 Å². The Bertz CT molecular complexity index is 346. The minimum Gasteiger partial charge on any atom is -0.351 e. The second-order valence-electron chi connectivity index (χ2n) is 5.71. The summed E-state index contributed by atoms with van der Waals surface area (Å²) < 4.78 is 0. The summed E-state index contributed by atoms with van der Waals surface area (Å²) >= 11 is 0. The van der Waals surface area contributed by atoms with Crippen LogP contribution in [0.15, 0.2) is 0 Å². The molecule has 2 rings (SSSR count). The summed E-state index contributed by atoms with van der Waals surface area (Å²) in [4.78, 5) is 27.5. The highest BCUT2D eigenvalue weighted by Crippen LogP contribution is 2.25. The fourth-order valence-corrected chi connectivity index (χ4v) is 3.33. The zero-order valence-corrected chi connectivity index (χ0v) is 11.8. The van der Waals surface area contributed by atoms with E-state index in [1.54, 1.807) is 4.90 Å². The van der Waals surface area contributed by atoms with Crippen LogP contribution < -0.4 is 5.73 Å². The van der Waals surface area contributed by atoms with Gasteiger partial charge in [0.1, 0.15) is 0 Å². The average molecular weight is 267 g/mol. The number of nitrogens with two attached hydrogens (primary N) is 1. The number of nitrogens with zero attached hydrogens (tertiary/aromatic N) is 2. The Kier molecular flexibility index (Phi) is 4.66. The van der Waals surface area contributed by atoms with Gasteiger partial charge in [0, 0.05) is 25.7 Å². The number of carbonyl (C=O) groups is 2. The molecule has 0 radical (unpaired) electrons. The van der Waals surface area contributed by atoms with E-state index in [0.717, 1.165) is 38.6 Å². The Morgan fingerprint density at radius 1 is 1.16 bits per heavy atom. The van der Waals surface area contributed by atoms with Crippen LogP contribution in [0.4, 0.5) is 4.79 Å². The van der Waals surface area contributed by atoms with Crippen LogP contribution in [-0.2, 0) is 4.79 Å². The summed E-state index contributed by atoms with van der Waals surface area (Å²) in [6.07, 6.45) is 6.24. The number of primary amides is 1. The number of hydrogen-bond acceptors (Lipinski definition) is 2. The molecule has 3 amide bonds. The van der Waals surface area contributed by atoms with E-state index < -0.39 is 6.03 Å². The molecule has 0 spiro atoms. The van der Waals surface area contributed by atoms with Crippen molar-refractivity contribution < 1.29 is 9.59 Å². The van der Waals surface area contributed by atoms with Gasteiger partial charge in [0.25, 0.3) is 0 Å². The molecule has 0 aromatic heterocycles. The standard InChI is InChI=1S/C14H25N3O2/c1-2-12-7-3-4-9-17(12)13(18)11-6-5-8-16(10-11)14(15)19/h11-12H,2-10H2,1H3,(H2,15,19)/t11-,12-/m1/s1. The van der Waals surface area contributed by atoms with Crippen LogP contribution in [0.5, 0.6) is 0 Å². The molecule has 108 valence electrons. The first-order valence-electron chi connectivity index (χ1n) is 7.48. The third-order valence-electron chi connectivity index (χ3n) is 4.46. The minimum atomic E-state index is -0.400. The van der Waals surface area contributed by atoms with E-state index in [9.17, 15) is 9.59 Å². The largest absolute Gasteiger partial charge is 0.351 e. The molecule has 2 aliphatic heterocycles. The molecule has 2 aliphatic rings. The summed E-state index contributed by atoms with van der Waals surface area (Å²) in [5.41, 5.74) is 5.32. The maximum absolute atomic E-state index is 12.6. The predicted octanol–water partition coefficient (Wildman–Crippen LogP) is 1.57. The number of carbonyl (C=O) groups excluding carboxylic acids is 2. The molecule has 0 aromatic carbocycles. The van der Waals surface area contributed by atoms with Crippen molar-refractivity contribution in [3.8, 4) is 0 Å². The van der Waals surface area contributed by atoms with Gasteiger partial charge in [-0.2, -0.15) is 0 Å². The van der Waals surface area contributed by atoms with Crippen molar-refractivity contribution in [2.45, 2.75) is 51.5 Å². The van der Waals surface area contributed by atoms with E-state index in [1.165, 1.54) is 6.42 Å².